The van der Waals surface area contributed by atoms with Crippen LogP contribution in [0.3, 0.4) is 0 Å². The molecule has 25 heavy (non-hydrogen) atoms. The van der Waals surface area contributed by atoms with Crippen LogP contribution in [0.15, 0.2) is 47.6 Å². The second-order valence-corrected chi connectivity index (χ2v) is 5.19. The molecule has 0 unspecified atom stereocenters. The topological polar surface area (TPSA) is 69.2 Å². The molecule has 0 saturated carbocycles. The number of methoxy groups -OCH3 is 2. The first kappa shape index (κ1) is 18.3. The number of rotatable bonds is 8. The van der Waals surface area contributed by atoms with Gasteiger partial charge in [0.25, 0.3) is 5.91 Å². The predicted molar refractivity (Wildman–Crippen MR) is 96.6 cm³/mol. The number of carbonyl (C=O) groups excluding carboxylic acids is 1. The van der Waals surface area contributed by atoms with Gasteiger partial charge in [0.15, 0.2) is 18.1 Å². The average molecular weight is 342 g/mol. The highest BCUT2D eigenvalue weighted by Crippen LogP contribution is 2.26. The van der Waals surface area contributed by atoms with Gasteiger partial charge in [-0.05, 0) is 47.9 Å². The number of ether oxygens (including phenoxy) is 3. The molecule has 0 atom stereocenters. The van der Waals surface area contributed by atoms with Crippen molar-refractivity contribution >= 4 is 12.1 Å². The monoisotopic (exact) mass is 342 g/mol. The molecule has 0 radical (unpaired) electrons. The molecule has 0 bridgehead atoms. The van der Waals surface area contributed by atoms with E-state index in [0.717, 1.165) is 12.0 Å². The summed E-state index contributed by atoms with van der Waals surface area (Å²) in [5.74, 6) is 1.54. The Labute approximate surface area is 147 Å². The molecular formula is C19H22N2O4. The standard InChI is InChI=1S/C19H22N2O4/c1-4-14-5-8-16(9-6-14)25-13-19(22)21-20-12-15-7-10-17(23-2)18(11-15)24-3/h5-12H,4,13H2,1-3H3,(H,21,22)/b20-12+. The Morgan fingerprint density at radius 3 is 2.44 bits per heavy atom. The van der Waals surface area contributed by atoms with Gasteiger partial charge in [-0.15, -0.1) is 0 Å². The van der Waals surface area contributed by atoms with Crippen molar-refractivity contribution in [2.24, 2.45) is 5.10 Å². The molecule has 1 amide bonds. The van der Waals surface area contributed by atoms with Gasteiger partial charge in [0.05, 0.1) is 20.4 Å². The maximum atomic E-state index is 11.8. The van der Waals surface area contributed by atoms with E-state index in [4.69, 9.17) is 14.2 Å². The molecule has 0 spiro atoms. The van der Waals surface area contributed by atoms with E-state index >= 15 is 0 Å². The molecule has 0 aliphatic rings. The summed E-state index contributed by atoms with van der Waals surface area (Å²) in [6.07, 6.45) is 2.49. The zero-order valence-electron chi connectivity index (χ0n) is 14.6. The first-order valence-electron chi connectivity index (χ1n) is 7.92. The molecule has 2 aromatic rings. The van der Waals surface area contributed by atoms with Gasteiger partial charge in [-0.25, -0.2) is 5.43 Å². The maximum Gasteiger partial charge on any atom is 0.277 e. The van der Waals surface area contributed by atoms with Gasteiger partial charge in [0, 0.05) is 0 Å². The maximum absolute atomic E-state index is 11.8. The van der Waals surface area contributed by atoms with Crippen molar-refractivity contribution in [1.29, 1.82) is 0 Å². The number of amides is 1. The van der Waals surface area contributed by atoms with Crippen LogP contribution in [0.5, 0.6) is 17.2 Å². The van der Waals surface area contributed by atoms with Crippen molar-refractivity contribution in [2.75, 3.05) is 20.8 Å². The molecule has 2 rings (SSSR count). The zero-order chi connectivity index (χ0) is 18.1. The second-order valence-electron chi connectivity index (χ2n) is 5.19. The lowest BCUT2D eigenvalue weighted by molar-refractivity contribution is -0.123. The Morgan fingerprint density at radius 1 is 1.08 bits per heavy atom. The Bertz CT molecular complexity index is 727. The van der Waals surface area contributed by atoms with E-state index in [1.807, 2.05) is 30.3 Å². The molecule has 0 heterocycles. The number of nitrogens with zero attached hydrogens (tertiary/aromatic N) is 1. The number of carbonyl (C=O) groups is 1. The van der Waals surface area contributed by atoms with Crippen LogP contribution in [0.4, 0.5) is 0 Å². The summed E-state index contributed by atoms with van der Waals surface area (Å²) >= 11 is 0. The average Bonchev–Trinajstić information content (AvgIpc) is 2.66. The van der Waals surface area contributed by atoms with Crippen LogP contribution in [0.25, 0.3) is 0 Å². The quantitative estimate of drug-likeness (QED) is 0.592. The molecule has 2 aromatic carbocycles. The molecule has 6 nitrogen and oxygen atoms in total. The molecule has 0 fully saturated rings. The third-order valence-corrected chi connectivity index (χ3v) is 3.51. The molecule has 6 heteroatoms. The van der Waals surface area contributed by atoms with E-state index < -0.39 is 0 Å². The largest absolute Gasteiger partial charge is 0.493 e. The number of hydrazone groups is 1. The lowest BCUT2D eigenvalue weighted by Crippen LogP contribution is -2.24. The number of hydrogen-bond acceptors (Lipinski definition) is 5. The fourth-order valence-corrected chi connectivity index (χ4v) is 2.11. The van der Waals surface area contributed by atoms with Crippen LogP contribution in [0.2, 0.25) is 0 Å². The summed E-state index contributed by atoms with van der Waals surface area (Å²) in [5, 5.41) is 3.91. The van der Waals surface area contributed by atoms with Crippen molar-refractivity contribution in [1.82, 2.24) is 5.43 Å². The lowest BCUT2D eigenvalue weighted by Gasteiger charge is -2.07. The van der Waals surface area contributed by atoms with Gasteiger partial charge >= 0.3 is 0 Å². The van der Waals surface area contributed by atoms with Gasteiger partial charge in [0.2, 0.25) is 0 Å². The van der Waals surface area contributed by atoms with Crippen molar-refractivity contribution in [2.45, 2.75) is 13.3 Å². The van der Waals surface area contributed by atoms with Gasteiger partial charge in [-0.1, -0.05) is 19.1 Å². The van der Waals surface area contributed by atoms with Gasteiger partial charge in [-0.3, -0.25) is 4.79 Å². The fourth-order valence-electron chi connectivity index (χ4n) is 2.11. The summed E-state index contributed by atoms with van der Waals surface area (Å²) in [6.45, 7) is 1.98. The van der Waals surface area contributed by atoms with Gasteiger partial charge < -0.3 is 14.2 Å². The van der Waals surface area contributed by atoms with Crippen molar-refractivity contribution in [3.63, 3.8) is 0 Å². The molecule has 0 aliphatic carbocycles. The van der Waals surface area contributed by atoms with Crippen molar-refractivity contribution in [3.8, 4) is 17.2 Å². The van der Waals surface area contributed by atoms with Crippen molar-refractivity contribution < 1.29 is 19.0 Å². The first-order valence-corrected chi connectivity index (χ1v) is 7.92. The summed E-state index contributed by atoms with van der Waals surface area (Å²) in [4.78, 5) is 11.8. The predicted octanol–water partition coefficient (Wildman–Crippen LogP) is 2.80. The van der Waals surface area contributed by atoms with Crippen LogP contribution >= 0.6 is 0 Å². The summed E-state index contributed by atoms with van der Waals surface area (Å²) in [7, 11) is 3.13. The summed E-state index contributed by atoms with van der Waals surface area (Å²) < 4.78 is 15.8. The van der Waals surface area contributed by atoms with E-state index in [1.54, 1.807) is 26.4 Å². The smallest absolute Gasteiger partial charge is 0.277 e. The Balaban J connectivity index is 1.83. The Hall–Kier alpha value is -3.02. The van der Waals surface area contributed by atoms with E-state index in [9.17, 15) is 4.79 Å². The van der Waals surface area contributed by atoms with Crippen molar-refractivity contribution in [3.05, 3.63) is 53.6 Å². The highest BCUT2D eigenvalue weighted by atomic mass is 16.5. The third-order valence-electron chi connectivity index (χ3n) is 3.51. The summed E-state index contributed by atoms with van der Waals surface area (Å²) in [6, 6.07) is 13.0. The molecule has 0 saturated heterocycles. The minimum atomic E-state index is -0.337. The van der Waals surface area contributed by atoms with Gasteiger partial charge in [0.1, 0.15) is 5.75 Å². The number of nitrogens with one attached hydrogen (secondary N) is 1. The van der Waals surface area contributed by atoms with Gasteiger partial charge in [-0.2, -0.15) is 5.10 Å². The number of benzene rings is 2. The molecule has 1 N–H and O–H groups in total. The first-order chi connectivity index (χ1) is 12.2. The number of hydrogen-bond donors (Lipinski definition) is 1. The highest BCUT2D eigenvalue weighted by Gasteiger charge is 2.04. The summed E-state index contributed by atoms with van der Waals surface area (Å²) in [5.41, 5.74) is 4.41. The third kappa shape index (κ3) is 5.53. The minimum Gasteiger partial charge on any atom is -0.493 e. The molecule has 0 aliphatic heterocycles. The normalized spacial score (nSPS) is 10.5. The molecule has 132 valence electrons. The van der Waals surface area contributed by atoms with E-state index in [0.29, 0.717) is 17.2 Å². The molecule has 0 aromatic heterocycles. The zero-order valence-corrected chi connectivity index (χ0v) is 14.6. The Morgan fingerprint density at radius 2 is 1.80 bits per heavy atom. The van der Waals surface area contributed by atoms with Crippen LogP contribution in [-0.2, 0) is 11.2 Å². The highest BCUT2D eigenvalue weighted by molar-refractivity contribution is 5.83. The van der Waals surface area contributed by atoms with Crippen LogP contribution in [0, 0.1) is 0 Å². The lowest BCUT2D eigenvalue weighted by atomic mass is 10.2. The van der Waals surface area contributed by atoms with Crippen LogP contribution < -0.4 is 19.6 Å². The van der Waals surface area contributed by atoms with E-state index in [1.165, 1.54) is 11.8 Å². The molecular weight excluding hydrogens is 320 g/mol. The van der Waals surface area contributed by atoms with Crippen LogP contribution in [0.1, 0.15) is 18.1 Å². The minimum absolute atomic E-state index is 0.102. The van der Waals surface area contributed by atoms with E-state index in [-0.39, 0.29) is 12.5 Å². The number of aryl methyl sites for hydroxylation is 1. The van der Waals surface area contributed by atoms with E-state index in [2.05, 4.69) is 17.5 Å². The Kier molecular flexibility index (Phi) is 6.83. The SMILES string of the molecule is CCc1ccc(OCC(=O)N/N=C/c2ccc(OC)c(OC)c2)cc1. The fraction of sp³-hybridized carbons (Fsp3) is 0.263. The second kappa shape index (κ2) is 9.32. The van der Waals surface area contributed by atoms with Crippen LogP contribution in [-0.4, -0.2) is 32.9 Å².